The summed E-state index contributed by atoms with van der Waals surface area (Å²) in [6.45, 7) is 1.46. The van der Waals surface area contributed by atoms with Gasteiger partial charge in [-0.3, -0.25) is 0 Å². The summed E-state index contributed by atoms with van der Waals surface area (Å²) >= 11 is 0. The quantitative estimate of drug-likeness (QED) is 0.691. The summed E-state index contributed by atoms with van der Waals surface area (Å²) in [6.07, 6.45) is 0. The fourth-order valence-electron chi connectivity index (χ4n) is 1.38. The minimum atomic E-state index is -0.556. The molecule has 1 aliphatic heterocycles. The van der Waals surface area contributed by atoms with Gasteiger partial charge < -0.3 is 21.1 Å². The predicted molar refractivity (Wildman–Crippen MR) is 57.9 cm³/mol. The molecule has 5 nitrogen and oxygen atoms in total. The molecule has 0 unspecified atom stereocenters. The molecule has 1 saturated heterocycles. The lowest BCUT2D eigenvalue weighted by atomic mass is 10.2. The SMILES string of the molecule is NC(=O)Nc1cccc(NC2COC2)c1. The normalized spacial score (nSPS) is 15.5. The average Bonchev–Trinajstić information content (AvgIpc) is 2.11. The molecule has 0 aromatic heterocycles. The van der Waals surface area contributed by atoms with Gasteiger partial charge >= 0.3 is 6.03 Å². The molecule has 1 fully saturated rings. The second kappa shape index (κ2) is 4.18. The standard InChI is InChI=1S/C10H13N3O2/c11-10(14)13-8-3-1-2-7(4-8)12-9-5-15-6-9/h1-4,9,12H,5-6H2,(H3,11,13,14). The molecule has 1 heterocycles. The maximum absolute atomic E-state index is 10.6. The number of carbonyl (C=O) groups is 1. The van der Waals surface area contributed by atoms with Crippen LogP contribution < -0.4 is 16.4 Å². The van der Waals surface area contributed by atoms with Crippen LogP contribution >= 0.6 is 0 Å². The molecule has 4 N–H and O–H groups in total. The molecule has 1 aromatic rings. The van der Waals surface area contributed by atoms with Crippen LogP contribution in [0, 0.1) is 0 Å². The molecule has 2 rings (SSSR count). The number of rotatable bonds is 3. The number of primary amides is 1. The van der Waals surface area contributed by atoms with Crippen molar-refractivity contribution in [3.05, 3.63) is 24.3 Å². The Morgan fingerprint density at radius 1 is 1.40 bits per heavy atom. The van der Waals surface area contributed by atoms with E-state index < -0.39 is 6.03 Å². The smallest absolute Gasteiger partial charge is 0.316 e. The molecule has 0 bridgehead atoms. The zero-order valence-electron chi connectivity index (χ0n) is 8.19. The topological polar surface area (TPSA) is 76.4 Å². The Hall–Kier alpha value is -1.75. The fourth-order valence-corrected chi connectivity index (χ4v) is 1.38. The number of nitrogens with two attached hydrogens (primary N) is 1. The molecule has 0 atom stereocenters. The average molecular weight is 207 g/mol. The summed E-state index contributed by atoms with van der Waals surface area (Å²) in [6, 6.07) is 7.22. The number of hydrogen-bond donors (Lipinski definition) is 3. The third kappa shape index (κ3) is 2.60. The van der Waals surface area contributed by atoms with Crippen LogP contribution in [0.3, 0.4) is 0 Å². The Morgan fingerprint density at radius 2 is 2.13 bits per heavy atom. The Balaban J connectivity index is 2.00. The van der Waals surface area contributed by atoms with E-state index in [1.54, 1.807) is 6.07 Å². The highest BCUT2D eigenvalue weighted by molar-refractivity contribution is 5.88. The van der Waals surface area contributed by atoms with Crippen molar-refractivity contribution in [1.29, 1.82) is 0 Å². The highest BCUT2D eigenvalue weighted by atomic mass is 16.5. The van der Waals surface area contributed by atoms with Crippen molar-refractivity contribution in [2.24, 2.45) is 5.73 Å². The lowest BCUT2D eigenvalue weighted by Crippen LogP contribution is -2.40. The monoisotopic (exact) mass is 207 g/mol. The molecule has 0 aliphatic carbocycles. The molecule has 0 radical (unpaired) electrons. The van der Waals surface area contributed by atoms with Gasteiger partial charge in [-0.25, -0.2) is 4.79 Å². The lowest BCUT2D eigenvalue weighted by molar-refractivity contribution is 0.0211. The number of anilines is 2. The van der Waals surface area contributed by atoms with Gasteiger partial charge in [-0.2, -0.15) is 0 Å². The summed E-state index contributed by atoms with van der Waals surface area (Å²) in [7, 11) is 0. The number of ether oxygens (including phenoxy) is 1. The summed E-state index contributed by atoms with van der Waals surface area (Å²) in [4.78, 5) is 10.6. The van der Waals surface area contributed by atoms with Crippen LogP contribution in [-0.2, 0) is 4.74 Å². The number of hydrogen-bond acceptors (Lipinski definition) is 3. The van der Waals surface area contributed by atoms with Crippen molar-refractivity contribution in [3.63, 3.8) is 0 Å². The molecule has 1 aromatic carbocycles. The summed E-state index contributed by atoms with van der Waals surface area (Å²) in [5.41, 5.74) is 6.66. The molecule has 80 valence electrons. The summed E-state index contributed by atoms with van der Waals surface area (Å²) < 4.78 is 5.05. The van der Waals surface area contributed by atoms with E-state index in [1.807, 2.05) is 18.2 Å². The first kappa shape index (κ1) is 9.79. The van der Waals surface area contributed by atoms with Crippen molar-refractivity contribution in [2.45, 2.75) is 6.04 Å². The predicted octanol–water partition coefficient (Wildman–Crippen LogP) is 0.988. The fraction of sp³-hybridized carbons (Fsp3) is 0.300. The summed E-state index contributed by atoms with van der Waals surface area (Å²) in [5.74, 6) is 0. The van der Waals surface area contributed by atoms with Gasteiger partial charge in [-0.1, -0.05) is 6.07 Å². The van der Waals surface area contributed by atoms with E-state index in [0.717, 1.165) is 18.9 Å². The van der Waals surface area contributed by atoms with Gasteiger partial charge in [0.2, 0.25) is 0 Å². The molecule has 2 amide bonds. The van der Waals surface area contributed by atoms with Crippen molar-refractivity contribution >= 4 is 17.4 Å². The van der Waals surface area contributed by atoms with Crippen LogP contribution in [0.25, 0.3) is 0 Å². The van der Waals surface area contributed by atoms with Gasteiger partial charge in [0.25, 0.3) is 0 Å². The zero-order valence-corrected chi connectivity index (χ0v) is 8.19. The Morgan fingerprint density at radius 3 is 2.73 bits per heavy atom. The van der Waals surface area contributed by atoms with Crippen molar-refractivity contribution in [1.82, 2.24) is 0 Å². The molecule has 5 heteroatoms. The highest BCUT2D eigenvalue weighted by Crippen LogP contribution is 2.17. The minimum Gasteiger partial charge on any atom is -0.378 e. The molecule has 15 heavy (non-hydrogen) atoms. The maximum Gasteiger partial charge on any atom is 0.316 e. The Labute approximate surface area is 87.6 Å². The van der Waals surface area contributed by atoms with Crippen molar-refractivity contribution in [3.8, 4) is 0 Å². The number of nitrogens with one attached hydrogen (secondary N) is 2. The van der Waals surface area contributed by atoms with Crippen LogP contribution in [0.2, 0.25) is 0 Å². The molecule has 0 spiro atoms. The van der Waals surface area contributed by atoms with Gasteiger partial charge in [-0.05, 0) is 18.2 Å². The number of carbonyl (C=O) groups excluding carboxylic acids is 1. The van der Waals surface area contributed by atoms with Gasteiger partial charge in [0.15, 0.2) is 0 Å². The van der Waals surface area contributed by atoms with Gasteiger partial charge in [0.1, 0.15) is 0 Å². The first-order valence-corrected chi connectivity index (χ1v) is 4.75. The van der Waals surface area contributed by atoms with E-state index in [9.17, 15) is 4.79 Å². The van der Waals surface area contributed by atoms with Crippen LogP contribution in [0.15, 0.2) is 24.3 Å². The Kier molecular flexibility index (Phi) is 2.73. The molecule has 0 saturated carbocycles. The first-order chi connectivity index (χ1) is 7.24. The summed E-state index contributed by atoms with van der Waals surface area (Å²) in [5, 5.41) is 5.80. The van der Waals surface area contributed by atoms with Crippen molar-refractivity contribution in [2.75, 3.05) is 23.8 Å². The highest BCUT2D eigenvalue weighted by Gasteiger charge is 2.17. The van der Waals surface area contributed by atoms with Crippen LogP contribution in [-0.4, -0.2) is 25.3 Å². The number of benzene rings is 1. The third-order valence-corrected chi connectivity index (χ3v) is 2.14. The third-order valence-electron chi connectivity index (χ3n) is 2.14. The second-order valence-corrected chi connectivity index (χ2v) is 3.45. The molecular formula is C10H13N3O2. The van der Waals surface area contributed by atoms with E-state index in [2.05, 4.69) is 10.6 Å². The van der Waals surface area contributed by atoms with Gasteiger partial charge in [0, 0.05) is 11.4 Å². The minimum absolute atomic E-state index is 0.369. The maximum atomic E-state index is 10.6. The van der Waals surface area contributed by atoms with Crippen molar-refractivity contribution < 1.29 is 9.53 Å². The largest absolute Gasteiger partial charge is 0.378 e. The Bertz CT molecular complexity index is 363. The molecular weight excluding hydrogens is 194 g/mol. The van der Waals surface area contributed by atoms with E-state index in [4.69, 9.17) is 10.5 Å². The number of urea groups is 1. The van der Waals surface area contributed by atoms with E-state index in [1.165, 1.54) is 0 Å². The number of amides is 2. The van der Waals surface area contributed by atoms with Crippen LogP contribution in [0.1, 0.15) is 0 Å². The second-order valence-electron chi connectivity index (χ2n) is 3.45. The van der Waals surface area contributed by atoms with E-state index >= 15 is 0 Å². The molecule has 1 aliphatic rings. The van der Waals surface area contributed by atoms with Gasteiger partial charge in [-0.15, -0.1) is 0 Å². The van der Waals surface area contributed by atoms with E-state index in [0.29, 0.717) is 11.7 Å². The first-order valence-electron chi connectivity index (χ1n) is 4.75. The lowest BCUT2D eigenvalue weighted by Gasteiger charge is -2.27. The zero-order chi connectivity index (χ0) is 10.7. The van der Waals surface area contributed by atoms with Crippen LogP contribution in [0.4, 0.5) is 16.2 Å². The van der Waals surface area contributed by atoms with Crippen LogP contribution in [0.5, 0.6) is 0 Å². The van der Waals surface area contributed by atoms with E-state index in [-0.39, 0.29) is 0 Å². The van der Waals surface area contributed by atoms with Gasteiger partial charge in [0.05, 0.1) is 19.3 Å².